The summed E-state index contributed by atoms with van der Waals surface area (Å²) >= 11 is 0. The van der Waals surface area contributed by atoms with E-state index >= 15 is 0 Å². The van der Waals surface area contributed by atoms with Crippen LogP contribution in [0.5, 0.6) is 0 Å². The average molecular weight is 358 g/mol. The Morgan fingerprint density at radius 2 is 1.78 bits per heavy atom. The molecule has 27 heavy (non-hydrogen) atoms. The molecule has 0 unspecified atom stereocenters. The Morgan fingerprint density at radius 1 is 1.04 bits per heavy atom. The van der Waals surface area contributed by atoms with E-state index in [4.69, 9.17) is 0 Å². The highest BCUT2D eigenvalue weighted by Gasteiger charge is 2.23. The molecule has 0 aliphatic carbocycles. The van der Waals surface area contributed by atoms with Gasteiger partial charge in [0.05, 0.1) is 0 Å². The van der Waals surface area contributed by atoms with Crippen LogP contribution < -0.4 is 4.90 Å². The lowest BCUT2D eigenvalue weighted by Crippen LogP contribution is -2.36. The van der Waals surface area contributed by atoms with Gasteiger partial charge in [-0.3, -0.25) is 4.79 Å². The third-order valence-electron chi connectivity index (χ3n) is 4.95. The molecular formula is C22H22N4O. The van der Waals surface area contributed by atoms with Crippen molar-refractivity contribution in [2.45, 2.75) is 19.9 Å². The molecule has 0 saturated heterocycles. The van der Waals surface area contributed by atoms with E-state index in [0.29, 0.717) is 18.8 Å². The first-order valence-corrected chi connectivity index (χ1v) is 9.27. The van der Waals surface area contributed by atoms with Crippen LogP contribution in [0.1, 0.15) is 28.5 Å². The largest absolute Gasteiger partial charge is 0.333 e. The van der Waals surface area contributed by atoms with Crippen LogP contribution in [0.2, 0.25) is 0 Å². The minimum Gasteiger partial charge on any atom is -0.333 e. The molecule has 1 aliphatic heterocycles. The molecule has 1 aliphatic rings. The molecule has 1 aromatic heterocycles. The fourth-order valence-corrected chi connectivity index (χ4v) is 3.53. The third kappa shape index (κ3) is 3.53. The summed E-state index contributed by atoms with van der Waals surface area (Å²) in [6.07, 6.45) is 2.36. The van der Waals surface area contributed by atoms with Gasteiger partial charge in [0.25, 0.3) is 5.91 Å². The third-order valence-corrected chi connectivity index (χ3v) is 4.95. The van der Waals surface area contributed by atoms with Gasteiger partial charge in [-0.1, -0.05) is 42.5 Å². The molecule has 2 heterocycles. The van der Waals surface area contributed by atoms with E-state index in [-0.39, 0.29) is 5.91 Å². The number of amides is 1. The normalized spacial score (nSPS) is 13.1. The summed E-state index contributed by atoms with van der Waals surface area (Å²) in [6, 6.07) is 20.1. The van der Waals surface area contributed by atoms with E-state index in [1.165, 1.54) is 17.5 Å². The molecule has 0 N–H and O–H groups in total. The molecule has 136 valence electrons. The first-order valence-electron chi connectivity index (χ1n) is 9.27. The van der Waals surface area contributed by atoms with Gasteiger partial charge in [0.15, 0.2) is 0 Å². The zero-order chi connectivity index (χ0) is 18.6. The Balaban J connectivity index is 1.58. The lowest BCUT2D eigenvalue weighted by Gasteiger charge is -2.29. The Kier molecular flexibility index (Phi) is 4.83. The molecule has 2 aromatic carbocycles. The zero-order valence-corrected chi connectivity index (χ0v) is 15.4. The van der Waals surface area contributed by atoms with Crippen LogP contribution in [0, 0.1) is 0 Å². The maximum absolute atomic E-state index is 13.0. The molecule has 0 radical (unpaired) electrons. The first-order chi connectivity index (χ1) is 13.3. The number of anilines is 2. The molecule has 0 atom stereocenters. The number of nitrogens with zero attached hydrogens (tertiary/aromatic N) is 4. The van der Waals surface area contributed by atoms with Crippen molar-refractivity contribution in [2.75, 3.05) is 18.0 Å². The van der Waals surface area contributed by atoms with Crippen molar-refractivity contribution in [1.29, 1.82) is 0 Å². The van der Waals surface area contributed by atoms with Gasteiger partial charge < -0.3 is 9.80 Å². The molecule has 0 spiro atoms. The maximum atomic E-state index is 13.0. The van der Waals surface area contributed by atoms with E-state index in [1.807, 2.05) is 41.3 Å². The van der Waals surface area contributed by atoms with Gasteiger partial charge in [-0.2, -0.15) is 0 Å². The van der Waals surface area contributed by atoms with Gasteiger partial charge in [0.2, 0.25) is 0 Å². The van der Waals surface area contributed by atoms with Gasteiger partial charge >= 0.3 is 0 Å². The lowest BCUT2D eigenvalue weighted by atomic mass is 10.00. The molecule has 5 heteroatoms. The van der Waals surface area contributed by atoms with Crippen molar-refractivity contribution in [3.63, 3.8) is 0 Å². The molecular weight excluding hydrogens is 336 g/mol. The summed E-state index contributed by atoms with van der Waals surface area (Å²) in [5, 5.41) is 0. The monoisotopic (exact) mass is 358 g/mol. The molecule has 3 aromatic rings. The number of fused-ring (bicyclic) bond motifs is 1. The smallest absolute Gasteiger partial charge is 0.272 e. The fraction of sp³-hybridized carbons (Fsp3) is 0.227. The summed E-state index contributed by atoms with van der Waals surface area (Å²) in [5.41, 5.74) is 4.02. The number of carbonyl (C=O) groups excluding carboxylic acids is 1. The van der Waals surface area contributed by atoms with Crippen LogP contribution in [0.4, 0.5) is 11.5 Å². The van der Waals surface area contributed by atoms with Crippen LogP contribution in [-0.2, 0) is 13.0 Å². The number of carbonyl (C=O) groups is 1. The number of rotatable bonds is 4. The molecule has 5 nitrogen and oxygen atoms in total. The van der Waals surface area contributed by atoms with Gasteiger partial charge in [0, 0.05) is 31.4 Å². The second-order valence-corrected chi connectivity index (χ2v) is 6.59. The Hall–Kier alpha value is -3.21. The molecule has 0 bridgehead atoms. The summed E-state index contributed by atoms with van der Waals surface area (Å²) in [4.78, 5) is 25.6. The van der Waals surface area contributed by atoms with Crippen molar-refractivity contribution in [3.8, 4) is 0 Å². The van der Waals surface area contributed by atoms with Crippen LogP contribution in [0.25, 0.3) is 0 Å². The van der Waals surface area contributed by atoms with E-state index in [2.05, 4.69) is 40.0 Å². The predicted octanol–water partition coefficient (Wildman–Crippen LogP) is 3.83. The highest BCUT2D eigenvalue weighted by molar-refractivity contribution is 5.93. The Labute approximate surface area is 159 Å². The average Bonchev–Trinajstić information content (AvgIpc) is 2.74. The minimum absolute atomic E-state index is 0.0442. The SMILES string of the molecule is CCN(c1ccccc1)c1cc(C(=O)N2CCc3ccccc3C2)ncn1. The van der Waals surface area contributed by atoms with Crippen LogP contribution in [-0.4, -0.2) is 33.9 Å². The quantitative estimate of drug-likeness (QED) is 0.711. The first kappa shape index (κ1) is 17.2. The lowest BCUT2D eigenvalue weighted by molar-refractivity contribution is 0.0728. The van der Waals surface area contributed by atoms with Crippen LogP contribution >= 0.6 is 0 Å². The summed E-state index contributed by atoms with van der Waals surface area (Å²) in [5.74, 6) is 0.691. The highest BCUT2D eigenvalue weighted by Crippen LogP contribution is 2.24. The highest BCUT2D eigenvalue weighted by atomic mass is 16.2. The Bertz CT molecular complexity index is 942. The molecule has 0 saturated carbocycles. The minimum atomic E-state index is -0.0442. The van der Waals surface area contributed by atoms with Gasteiger partial charge in [-0.15, -0.1) is 0 Å². The van der Waals surface area contributed by atoms with Crippen LogP contribution in [0.3, 0.4) is 0 Å². The van der Waals surface area contributed by atoms with E-state index in [1.54, 1.807) is 6.07 Å². The summed E-state index contributed by atoms with van der Waals surface area (Å²) < 4.78 is 0. The predicted molar refractivity (Wildman–Crippen MR) is 106 cm³/mol. The van der Waals surface area contributed by atoms with Crippen molar-refractivity contribution >= 4 is 17.4 Å². The van der Waals surface area contributed by atoms with E-state index in [9.17, 15) is 4.79 Å². The number of hydrogen-bond donors (Lipinski definition) is 0. The second kappa shape index (κ2) is 7.58. The second-order valence-electron chi connectivity index (χ2n) is 6.59. The molecule has 1 amide bonds. The molecule has 0 fully saturated rings. The number of benzene rings is 2. The topological polar surface area (TPSA) is 49.3 Å². The van der Waals surface area contributed by atoms with Gasteiger partial charge in [-0.25, -0.2) is 9.97 Å². The van der Waals surface area contributed by atoms with Gasteiger partial charge in [0.1, 0.15) is 17.8 Å². The number of aromatic nitrogens is 2. The van der Waals surface area contributed by atoms with Crippen molar-refractivity contribution in [3.05, 3.63) is 83.8 Å². The van der Waals surface area contributed by atoms with Crippen LogP contribution in [0.15, 0.2) is 67.0 Å². The fourth-order valence-electron chi connectivity index (χ4n) is 3.53. The van der Waals surface area contributed by atoms with E-state index in [0.717, 1.165) is 24.5 Å². The van der Waals surface area contributed by atoms with Crippen molar-refractivity contribution in [1.82, 2.24) is 14.9 Å². The van der Waals surface area contributed by atoms with Gasteiger partial charge in [-0.05, 0) is 36.6 Å². The standard InChI is InChI=1S/C22H22N4O/c1-2-26(19-10-4-3-5-11-19)21-14-20(23-16-24-21)22(27)25-13-12-17-8-6-7-9-18(17)15-25/h3-11,14,16H,2,12-13,15H2,1H3. The number of para-hydroxylation sites is 1. The zero-order valence-electron chi connectivity index (χ0n) is 15.4. The maximum Gasteiger partial charge on any atom is 0.272 e. The Morgan fingerprint density at radius 3 is 2.56 bits per heavy atom. The molecule has 4 rings (SSSR count). The summed E-state index contributed by atoms with van der Waals surface area (Å²) in [6.45, 7) is 4.17. The van der Waals surface area contributed by atoms with E-state index < -0.39 is 0 Å². The summed E-state index contributed by atoms with van der Waals surface area (Å²) in [7, 11) is 0. The van der Waals surface area contributed by atoms with Crippen molar-refractivity contribution in [2.24, 2.45) is 0 Å². The number of hydrogen-bond acceptors (Lipinski definition) is 4. The van der Waals surface area contributed by atoms with Crippen molar-refractivity contribution < 1.29 is 4.79 Å².